The topological polar surface area (TPSA) is 112 Å². The maximum Gasteiger partial charge on any atom is 0.297 e. The van der Waals surface area contributed by atoms with Gasteiger partial charge in [-0.1, -0.05) is 46.2 Å². The normalized spacial score (nSPS) is 47.1. The summed E-state index contributed by atoms with van der Waals surface area (Å²) in [5.74, 6) is 2.23. The van der Waals surface area contributed by atoms with Crippen LogP contribution in [0.2, 0.25) is 5.02 Å². The summed E-state index contributed by atoms with van der Waals surface area (Å²) in [6.45, 7) is 13.6. The van der Waals surface area contributed by atoms with Crippen molar-refractivity contribution in [2.45, 2.75) is 141 Å². The van der Waals surface area contributed by atoms with Gasteiger partial charge in [0.05, 0.1) is 49.1 Å². The summed E-state index contributed by atoms with van der Waals surface area (Å²) in [6.07, 6.45) is 9.90. The van der Waals surface area contributed by atoms with E-state index in [0.29, 0.717) is 55.3 Å². The zero-order valence-electron chi connectivity index (χ0n) is 32.2. The van der Waals surface area contributed by atoms with E-state index in [-0.39, 0.29) is 74.8 Å². The highest BCUT2D eigenvalue weighted by Gasteiger charge is 2.84. The molecule has 1 N–H and O–H groups in total. The summed E-state index contributed by atoms with van der Waals surface area (Å²) < 4.78 is 51.3. The van der Waals surface area contributed by atoms with Crippen molar-refractivity contribution in [3.05, 3.63) is 29.3 Å². The Kier molecular flexibility index (Phi) is 8.88. The molecule has 0 bridgehead atoms. The standard InChI is InChI=1S/C42H60ClNO8S/c1-25-20-28(23-50-53(47,48)29-10-8-27(43)9-11-29)51-36-35(25)39(4)16-17-42-24-41(42)15-14-32(38(2,3)30(41)12-13-31(42)40(39,5)37(36)46)52-34-22-44(18-19-49-34)33(45)21-26-6-7-26/h8-11,25-26,28,30-32,34-37,46H,6-7,12-24H2,1-5H3/t25-,28?,30?,31?,32?,34+,35+,36?,37+,39?,40-,41?,42?/m1/s1. The van der Waals surface area contributed by atoms with Gasteiger partial charge in [-0.2, -0.15) is 8.42 Å². The molecule has 2 heterocycles. The van der Waals surface area contributed by atoms with Crippen molar-refractivity contribution < 1.29 is 36.7 Å². The summed E-state index contributed by atoms with van der Waals surface area (Å²) in [4.78, 5) is 15.0. The van der Waals surface area contributed by atoms with Gasteiger partial charge in [0.1, 0.15) is 0 Å². The molecule has 8 unspecified atom stereocenters. The van der Waals surface area contributed by atoms with Crippen molar-refractivity contribution in [2.24, 2.45) is 56.7 Å². The van der Waals surface area contributed by atoms with Gasteiger partial charge >= 0.3 is 0 Å². The van der Waals surface area contributed by atoms with E-state index in [1.54, 1.807) is 12.1 Å². The fraction of sp³-hybridized carbons (Fsp3) is 0.833. The maximum absolute atomic E-state index is 13.0. The number of hydrogen-bond acceptors (Lipinski definition) is 8. The number of carbonyl (C=O) groups is 1. The minimum absolute atomic E-state index is 0.0303. The first-order valence-corrected chi connectivity index (χ1v) is 22.4. The first-order chi connectivity index (χ1) is 25.1. The fourth-order valence-corrected chi connectivity index (χ4v) is 15.4. The summed E-state index contributed by atoms with van der Waals surface area (Å²) in [6, 6.07) is 6.01. The molecule has 2 spiro atoms. The molecule has 6 saturated carbocycles. The Bertz CT molecular complexity index is 1720. The van der Waals surface area contributed by atoms with Gasteiger partial charge in [-0.15, -0.1) is 0 Å². The number of carbonyl (C=O) groups excluding carboxylic acids is 1. The van der Waals surface area contributed by atoms with Crippen LogP contribution in [-0.2, 0) is 33.3 Å². The Morgan fingerprint density at radius 1 is 1.00 bits per heavy atom. The van der Waals surface area contributed by atoms with Crippen LogP contribution in [-0.4, -0.2) is 81.3 Å². The van der Waals surface area contributed by atoms with Crippen molar-refractivity contribution in [3.8, 4) is 0 Å². The Morgan fingerprint density at radius 2 is 1.72 bits per heavy atom. The molecule has 6 aliphatic carbocycles. The van der Waals surface area contributed by atoms with Gasteiger partial charge in [-0.05, 0) is 140 Å². The van der Waals surface area contributed by atoms with E-state index in [0.717, 1.165) is 32.1 Å². The Balaban J connectivity index is 0.898. The molecule has 8 fully saturated rings. The number of ether oxygens (including phenoxy) is 3. The fourth-order valence-electron chi connectivity index (χ4n) is 14.4. The lowest BCUT2D eigenvalue weighted by Crippen LogP contribution is -2.60. The molecule has 9 rings (SSSR count). The van der Waals surface area contributed by atoms with Crippen molar-refractivity contribution in [3.63, 3.8) is 0 Å². The van der Waals surface area contributed by atoms with Gasteiger partial charge in [0.25, 0.3) is 10.1 Å². The van der Waals surface area contributed by atoms with E-state index in [4.69, 9.17) is 30.0 Å². The number of aliphatic hydroxyl groups excluding tert-OH is 1. The molecular formula is C42H60ClNO8S. The molecule has 1 aromatic carbocycles. The zero-order chi connectivity index (χ0) is 37.3. The second-order valence-electron chi connectivity index (χ2n) is 19.7. The lowest BCUT2D eigenvalue weighted by Gasteiger charge is -2.64. The number of benzene rings is 1. The molecule has 9 nitrogen and oxygen atoms in total. The van der Waals surface area contributed by atoms with Crippen LogP contribution in [0.5, 0.6) is 0 Å². The minimum atomic E-state index is -3.97. The number of aliphatic hydroxyl groups is 1. The number of fused-ring (bicyclic) bond motifs is 4. The second kappa shape index (κ2) is 12.6. The van der Waals surface area contributed by atoms with Crippen molar-refractivity contribution >= 4 is 27.6 Å². The lowest BCUT2D eigenvalue weighted by atomic mass is 9.41. The van der Waals surface area contributed by atoms with E-state index < -0.39 is 22.3 Å². The van der Waals surface area contributed by atoms with E-state index in [1.165, 1.54) is 37.8 Å². The highest BCUT2D eigenvalue weighted by Crippen LogP contribution is 2.89. The molecule has 8 aliphatic rings. The van der Waals surface area contributed by atoms with Gasteiger partial charge in [-0.3, -0.25) is 8.98 Å². The van der Waals surface area contributed by atoms with Crippen LogP contribution in [0.15, 0.2) is 29.2 Å². The van der Waals surface area contributed by atoms with E-state index in [1.807, 2.05) is 4.90 Å². The van der Waals surface area contributed by atoms with Gasteiger partial charge in [0.15, 0.2) is 6.29 Å². The largest absolute Gasteiger partial charge is 0.390 e. The third-order valence-corrected chi connectivity index (χ3v) is 18.7. The summed E-state index contributed by atoms with van der Waals surface area (Å²) >= 11 is 5.98. The van der Waals surface area contributed by atoms with Gasteiger partial charge in [0.2, 0.25) is 5.91 Å². The van der Waals surface area contributed by atoms with Crippen LogP contribution in [0.25, 0.3) is 0 Å². The van der Waals surface area contributed by atoms with Crippen LogP contribution in [0.3, 0.4) is 0 Å². The summed E-state index contributed by atoms with van der Waals surface area (Å²) in [7, 11) is -3.97. The Morgan fingerprint density at radius 3 is 2.45 bits per heavy atom. The minimum Gasteiger partial charge on any atom is -0.390 e. The third-order valence-electron chi connectivity index (χ3n) is 17.2. The summed E-state index contributed by atoms with van der Waals surface area (Å²) in [5, 5.41) is 13.0. The van der Waals surface area contributed by atoms with Crippen LogP contribution in [0, 0.1) is 56.7 Å². The molecule has 53 heavy (non-hydrogen) atoms. The second-order valence-corrected chi connectivity index (χ2v) is 21.8. The van der Waals surface area contributed by atoms with Crippen molar-refractivity contribution in [1.29, 1.82) is 0 Å². The predicted octanol–water partition coefficient (Wildman–Crippen LogP) is 7.23. The Labute approximate surface area is 321 Å². The molecule has 13 atom stereocenters. The third kappa shape index (κ3) is 5.52. The molecule has 2 aliphatic heterocycles. The number of hydrogen-bond donors (Lipinski definition) is 1. The van der Waals surface area contributed by atoms with E-state index >= 15 is 0 Å². The van der Waals surface area contributed by atoms with Crippen LogP contribution >= 0.6 is 11.6 Å². The molecule has 11 heteroatoms. The molecule has 0 aromatic heterocycles. The van der Waals surface area contributed by atoms with E-state index in [2.05, 4.69) is 34.6 Å². The SMILES string of the molecule is C[C@@H]1CC(COS(=O)(=O)c2ccc(Cl)cc2)OC2[C@H]1C1(C)CCC34CC35CCC(O[C@H]3CN(C(=O)CC6CC6)CCO3)C(C)(C)C5CCC4[C@]1(C)[C@H]2O. The quantitative estimate of drug-likeness (QED) is 0.276. The summed E-state index contributed by atoms with van der Waals surface area (Å²) in [5.41, 5.74) is 0.0549. The predicted molar refractivity (Wildman–Crippen MR) is 199 cm³/mol. The van der Waals surface area contributed by atoms with Crippen LogP contribution in [0.1, 0.15) is 105 Å². The lowest BCUT2D eigenvalue weighted by molar-refractivity contribution is -0.248. The number of amides is 1. The molecule has 1 amide bonds. The zero-order valence-corrected chi connectivity index (χ0v) is 33.8. The first kappa shape index (κ1) is 37.3. The van der Waals surface area contributed by atoms with Gasteiger partial charge < -0.3 is 24.2 Å². The molecule has 1 aromatic rings. The van der Waals surface area contributed by atoms with Crippen molar-refractivity contribution in [2.75, 3.05) is 26.3 Å². The average Bonchev–Trinajstić information content (AvgIpc) is 4.04. The smallest absolute Gasteiger partial charge is 0.297 e. The maximum atomic E-state index is 13.0. The van der Waals surface area contributed by atoms with Gasteiger partial charge in [0, 0.05) is 23.4 Å². The molecule has 294 valence electrons. The monoisotopic (exact) mass is 773 g/mol. The highest BCUT2D eigenvalue weighted by molar-refractivity contribution is 7.86. The van der Waals surface area contributed by atoms with Crippen molar-refractivity contribution in [1.82, 2.24) is 4.90 Å². The van der Waals surface area contributed by atoms with E-state index in [9.17, 15) is 18.3 Å². The molecular weight excluding hydrogens is 714 g/mol. The number of halogens is 1. The molecule has 2 saturated heterocycles. The highest BCUT2D eigenvalue weighted by atomic mass is 35.5. The Hall–Kier alpha value is -1.27. The van der Waals surface area contributed by atoms with Crippen LogP contribution in [0.4, 0.5) is 0 Å². The number of rotatable bonds is 8. The number of nitrogens with zero attached hydrogens (tertiary/aromatic N) is 1. The molecule has 0 radical (unpaired) electrons. The van der Waals surface area contributed by atoms with Gasteiger partial charge in [-0.25, -0.2) is 0 Å². The number of morpholine rings is 1. The van der Waals surface area contributed by atoms with Crippen LogP contribution < -0.4 is 0 Å². The average molecular weight is 774 g/mol. The first-order valence-electron chi connectivity index (χ1n) is 20.6.